The van der Waals surface area contributed by atoms with E-state index >= 15 is 0 Å². The van der Waals surface area contributed by atoms with Crippen LogP contribution >= 0.6 is 0 Å². The van der Waals surface area contributed by atoms with Crippen molar-refractivity contribution in [2.45, 2.75) is 32.2 Å². The number of aromatic nitrogens is 1. The molecule has 1 fully saturated rings. The number of nitrogens with zero attached hydrogens (tertiary/aromatic N) is 3. The number of hydrogen-bond donors (Lipinski definition) is 1. The Bertz CT molecular complexity index is 881. The molecule has 7 heteroatoms. The SMILES string of the molecule is N#Cc1cccnc1N1CCC[C@H](CCC(=O)NCc2ccc(F)c(F)c2)C1. The molecule has 3 rings (SSSR count). The highest BCUT2D eigenvalue weighted by atomic mass is 19.2. The van der Waals surface area contributed by atoms with Crippen molar-refractivity contribution in [3.05, 3.63) is 59.3 Å². The first-order valence-corrected chi connectivity index (χ1v) is 9.37. The normalized spacial score (nSPS) is 16.5. The highest BCUT2D eigenvalue weighted by Crippen LogP contribution is 2.26. The van der Waals surface area contributed by atoms with Gasteiger partial charge in [-0.1, -0.05) is 6.07 Å². The molecule has 0 aliphatic carbocycles. The van der Waals surface area contributed by atoms with Crippen LogP contribution in [-0.4, -0.2) is 24.0 Å². The van der Waals surface area contributed by atoms with Crippen molar-refractivity contribution in [3.63, 3.8) is 0 Å². The number of rotatable bonds is 6. The summed E-state index contributed by atoms with van der Waals surface area (Å²) < 4.78 is 26.1. The number of nitriles is 1. The third-order valence-electron chi connectivity index (χ3n) is 4.98. The molecule has 0 radical (unpaired) electrons. The van der Waals surface area contributed by atoms with E-state index in [-0.39, 0.29) is 12.5 Å². The van der Waals surface area contributed by atoms with Crippen LogP contribution in [-0.2, 0) is 11.3 Å². The number of carbonyl (C=O) groups is 1. The van der Waals surface area contributed by atoms with E-state index in [2.05, 4.69) is 21.3 Å². The van der Waals surface area contributed by atoms with E-state index in [1.165, 1.54) is 6.07 Å². The lowest BCUT2D eigenvalue weighted by Gasteiger charge is -2.34. The summed E-state index contributed by atoms with van der Waals surface area (Å²) in [6.07, 6.45) is 4.81. The summed E-state index contributed by atoms with van der Waals surface area (Å²) in [5, 5.41) is 12.0. The van der Waals surface area contributed by atoms with Gasteiger partial charge in [0, 0.05) is 32.3 Å². The molecule has 0 bridgehead atoms. The molecule has 1 amide bonds. The number of carbonyl (C=O) groups excluding carboxylic acids is 1. The Kier molecular flexibility index (Phi) is 6.53. The van der Waals surface area contributed by atoms with Crippen LogP contribution in [0, 0.1) is 28.9 Å². The molecule has 1 atom stereocenters. The van der Waals surface area contributed by atoms with Gasteiger partial charge < -0.3 is 10.2 Å². The van der Waals surface area contributed by atoms with Crippen molar-refractivity contribution in [2.75, 3.05) is 18.0 Å². The minimum atomic E-state index is -0.916. The molecule has 28 heavy (non-hydrogen) atoms. The van der Waals surface area contributed by atoms with Gasteiger partial charge >= 0.3 is 0 Å². The minimum Gasteiger partial charge on any atom is -0.355 e. The molecule has 0 spiro atoms. The summed E-state index contributed by atoms with van der Waals surface area (Å²) in [5.74, 6) is -0.879. The molecule has 1 aromatic heterocycles. The quantitative estimate of drug-likeness (QED) is 0.827. The Hall–Kier alpha value is -3.01. The zero-order valence-corrected chi connectivity index (χ0v) is 15.5. The van der Waals surface area contributed by atoms with E-state index in [9.17, 15) is 18.8 Å². The van der Waals surface area contributed by atoms with Gasteiger partial charge in [0.2, 0.25) is 5.91 Å². The number of nitrogens with one attached hydrogen (secondary N) is 1. The Morgan fingerprint density at radius 2 is 2.18 bits per heavy atom. The fraction of sp³-hybridized carbons (Fsp3) is 0.381. The number of piperidine rings is 1. The van der Waals surface area contributed by atoms with Crippen molar-refractivity contribution in [1.82, 2.24) is 10.3 Å². The molecule has 2 aromatic rings. The Morgan fingerprint density at radius 1 is 1.32 bits per heavy atom. The Morgan fingerprint density at radius 3 is 2.96 bits per heavy atom. The van der Waals surface area contributed by atoms with Crippen LogP contribution in [0.1, 0.15) is 36.8 Å². The topological polar surface area (TPSA) is 69.0 Å². The van der Waals surface area contributed by atoms with Gasteiger partial charge in [-0.3, -0.25) is 4.79 Å². The molecular weight excluding hydrogens is 362 g/mol. The molecule has 2 heterocycles. The van der Waals surface area contributed by atoms with Crippen LogP contribution in [0.15, 0.2) is 36.5 Å². The van der Waals surface area contributed by atoms with Crippen molar-refractivity contribution < 1.29 is 13.6 Å². The standard InChI is InChI=1S/C21H22F2N4O/c22-18-7-5-16(11-19(18)23)13-26-20(28)8-6-15-3-2-10-27(14-15)21-17(12-24)4-1-9-25-21/h1,4-5,7,9,11,15H,2-3,6,8,10,13-14H2,(H,26,28)/t15-/m1/s1. The van der Waals surface area contributed by atoms with Gasteiger partial charge in [0.25, 0.3) is 0 Å². The first-order chi connectivity index (χ1) is 13.6. The molecule has 1 saturated heterocycles. The molecule has 0 unspecified atom stereocenters. The van der Waals surface area contributed by atoms with Crippen molar-refractivity contribution in [1.29, 1.82) is 5.26 Å². The largest absolute Gasteiger partial charge is 0.355 e. The maximum absolute atomic E-state index is 13.2. The second-order valence-corrected chi connectivity index (χ2v) is 7.00. The van der Waals surface area contributed by atoms with Crippen LogP contribution in [0.2, 0.25) is 0 Å². The second kappa shape index (κ2) is 9.27. The molecule has 1 aliphatic heterocycles. The lowest BCUT2D eigenvalue weighted by molar-refractivity contribution is -0.121. The number of halogens is 2. The van der Waals surface area contributed by atoms with E-state index < -0.39 is 11.6 Å². The third-order valence-corrected chi connectivity index (χ3v) is 4.98. The number of anilines is 1. The van der Waals surface area contributed by atoms with Crippen LogP contribution in [0.3, 0.4) is 0 Å². The average molecular weight is 384 g/mol. The van der Waals surface area contributed by atoms with Crippen molar-refractivity contribution >= 4 is 11.7 Å². The van der Waals surface area contributed by atoms with E-state index in [1.807, 2.05) is 0 Å². The summed E-state index contributed by atoms with van der Waals surface area (Å²) in [4.78, 5) is 18.6. The van der Waals surface area contributed by atoms with Crippen LogP contribution < -0.4 is 10.2 Å². The maximum Gasteiger partial charge on any atom is 0.220 e. The maximum atomic E-state index is 13.2. The van der Waals surface area contributed by atoms with Gasteiger partial charge in [0.05, 0.1) is 5.56 Å². The van der Waals surface area contributed by atoms with E-state index in [0.29, 0.717) is 29.3 Å². The second-order valence-electron chi connectivity index (χ2n) is 7.00. The number of pyridine rings is 1. The smallest absolute Gasteiger partial charge is 0.220 e. The van der Waals surface area contributed by atoms with Gasteiger partial charge in [-0.05, 0) is 55.0 Å². The van der Waals surface area contributed by atoms with Crippen LogP contribution in [0.5, 0.6) is 0 Å². The monoisotopic (exact) mass is 384 g/mol. The number of benzene rings is 1. The fourth-order valence-corrected chi connectivity index (χ4v) is 3.50. The van der Waals surface area contributed by atoms with E-state index in [1.54, 1.807) is 18.3 Å². The molecule has 146 valence electrons. The average Bonchev–Trinajstić information content (AvgIpc) is 2.73. The lowest BCUT2D eigenvalue weighted by atomic mass is 9.93. The van der Waals surface area contributed by atoms with Crippen LogP contribution in [0.25, 0.3) is 0 Å². The molecule has 1 aromatic carbocycles. The first-order valence-electron chi connectivity index (χ1n) is 9.37. The van der Waals surface area contributed by atoms with Gasteiger partial charge in [0.15, 0.2) is 11.6 Å². The summed E-state index contributed by atoms with van der Waals surface area (Å²) in [7, 11) is 0. The summed E-state index contributed by atoms with van der Waals surface area (Å²) in [6.45, 7) is 1.79. The van der Waals surface area contributed by atoms with Gasteiger partial charge in [-0.25, -0.2) is 13.8 Å². The van der Waals surface area contributed by atoms with Crippen LogP contribution in [0.4, 0.5) is 14.6 Å². The third kappa shape index (κ3) is 5.03. The number of hydrogen-bond acceptors (Lipinski definition) is 4. The van der Waals surface area contributed by atoms with Gasteiger partial charge in [-0.15, -0.1) is 0 Å². The van der Waals surface area contributed by atoms with Crippen molar-refractivity contribution in [2.24, 2.45) is 5.92 Å². The molecule has 1 aliphatic rings. The predicted molar refractivity (Wildman–Crippen MR) is 101 cm³/mol. The molecule has 5 nitrogen and oxygen atoms in total. The molecular formula is C21H22F2N4O. The van der Waals surface area contributed by atoms with E-state index in [0.717, 1.165) is 44.5 Å². The number of amides is 1. The first kappa shape index (κ1) is 19.7. The Balaban J connectivity index is 1.48. The highest BCUT2D eigenvalue weighted by molar-refractivity contribution is 5.75. The van der Waals surface area contributed by atoms with Gasteiger partial charge in [0.1, 0.15) is 11.9 Å². The minimum absolute atomic E-state index is 0.114. The fourth-order valence-electron chi connectivity index (χ4n) is 3.50. The van der Waals surface area contributed by atoms with E-state index in [4.69, 9.17) is 0 Å². The lowest BCUT2D eigenvalue weighted by Crippen LogP contribution is -2.37. The summed E-state index contributed by atoms with van der Waals surface area (Å²) in [5.41, 5.74) is 1.09. The molecule has 1 N–H and O–H groups in total. The van der Waals surface area contributed by atoms with Gasteiger partial charge in [-0.2, -0.15) is 5.26 Å². The predicted octanol–water partition coefficient (Wildman–Crippen LogP) is 3.54. The highest BCUT2D eigenvalue weighted by Gasteiger charge is 2.23. The zero-order valence-electron chi connectivity index (χ0n) is 15.5. The summed E-state index contributed by atoms with van der Waals surface area (Å²) in [6, 6.07) is 9.29. The molecule has 0 saturated carbocycles. The Labute approximate surface area is 163 Å². The van der Waals surface area contributed by atoms with Crippen molar-refractivity contribution in [3.8, 4) is 6.07 Å². The zero-order chi connectivity index (χ0) is 19.9. The summed E-state index contributed by atoms with van der Waals surface area (Å²) >= 11 is 0.